The summed E-state index contributed by atoms with van der Waals surface area (Å²) in [5, 5.41) is 2.36. The van der Waals surface area contributed by atoms with Crippen molar-refractivity contribution in [1.82, 2.24) is 4.98 Å². The van der Waals surface area contributed by atoms with Crippen molar-refractivity contribution >= 4 is 27.8 Å². The van der Waals surface area contributed by atoms with Gasteiger partial charge in [0.1, 0.15) is 0 Å². The van der Waals surface area contributed by atoms with Gasteiger partial charge in [-0.3, -0.25) is 0 Å². The number of anilines is 3. The average molecular weight is 631 g/mol. The Hall–Kier alpha value is -3.94. The van der Waals surface area contributed by atoms with E-state index in [1.54, 1.807) is 18.5 Å². The van der Waals surface area contributed by atoms with Crippen molar-refractivity contribution in [3.8, 4) is 22.6 Å². The number of hydrogen-bond acceptors (Lipinski definition) is 3. The summed E-state index contributed by atoms with van der Waals surface area (Å²) in [6.45, 7) is 0. The molecule has 0 unspecified atom stereocenters. The van der Waals surface area contributed by atoms with E-state index in [2.05, 4.69) is 76.6 Å². The first-order valence-corrected chi connectivity index (χ1v) is 11.1. The minimum Gasteiger partial charge on any atom is -0.590 e. The van der Waals surface area contributed by atoms with Gasteiger partial charge < -0.3 is 14.3 Å². The molecule has 0 bridgehead atoms. The molecular weight excluding hydrogens is 611 g/mol. The smallest absolute Gasteiger partial charge is 0.0434 e. The summed E-state index contributed by atoms with van der Waals surface area (Å²) in [5.74, 6) is 0.659. The van der Waals surface area contributed by atoms with Gasteiger partial charge in [0.15, 0.2) is 0 Å². The number of rotatable bonds is 5. The van der Waals surface area contributed by atoms with Crippen molar-refractivity contribution in [2.75, 3.05) is 4.90 Å². The van der Waals surface area contributed by atoms with Crippen LogP contribution < -0.4 is 4.90 Å². The second kappa shape index (κ2) is 10.1. The molecule has 2 heterocycles. The van der Waals surface area contributed by atoms with Crippen molar-refractivity contribution in [3.05, 3.63) is 134 Å². The maximum atomic E-state index is 5.58. The number of benzene rings is 4. The molecule has 0 fully saturated rings. The van der Waals surface area contributed by atoms with E-state index in [4.69, 9.17) is 4.42 Å². The van der Waals surface area contributed by atoms with Gasteiger partial charge in [-0.05, 0) is 46.6 Å². The zero-order valence-electron chi connectivity index (χ0n) is 18.6. The van der Waals surface area contributed by atoms with E-state index in [-0.39, 0.29) is 21.1 Å². The zero-order chi connectivity index (χ0) is 22.7. The van der Waals surface area contributed by atoms with Gasteiger partial charge in [-0.25, -0.2) is 5.56 Å². The standard InChI is InChI=1S/C31H19N2O.Pt/c1-2-9-24-20-29(17-16-23(24)8-1)33(28-13-6-11-26(22-28)31-15-7-19-34-31)27-12-5-10-25(21-27)30-14-3-4-18-32-30;/h1-14,16-20H;/q-3;. The first-order chi connectivity index (χ1) is 16.8. The molecule has 0 aliphatic carbocycles. The van der Waals surface area contributed by atoms with Crippen LogP contribution in [0.25, 0.3) is 33.4 Å². The molecule has 3 nitrogen and oxygen atoms in total. The van der Waals surface area contributed by atoms with Crippen LogP contribution in [0.2, 0.25) is 0 Å². The monoisotopic (exact) mass is 630 g/mol. The van der Waals surface area contributed by atoms with E-state index in [0.29, 0.717) is 5.76 Å². The van der Waals surface area contributed by atoms with Crippen LogP contribution in [0.15, 0.2) is 120 Å². The fourth-order valence-electron chi connectivity index (χ4n) is 4.09. The third kappa shape index (κ3) is 4.69. The van der Waals surface area contributed by atoms with Crippen LogP contribution in [0.5, 0.6) is 0 Å². The fraction of sp³-hybridized carbons (Fsp3) is 0. The minimum absolute atomic E-state index is 0. The summed E-state index contributed by atoms with van der Waals surface area (Å²) in [5.41, 5.74) is 5.45. The van der Waals surface area contributed by atoms with E-state index in [9.17, 15) is 0 Å². The summed E-state index contributed by atoms with van der Waals surface area (Å²) in [6, 6.07) is 44.9. The molecule has 0 amide bonds. The predicted octanol–water partition coefficient (Wildman–Crippen LogP) is 8.03. The Morgan fingerprint density at radius 2 is 1.43 bits per heavy atom. The van der Waals surface area contributed by atoms with Gasteiger partial charge in [-0.1, -0.05) is 53.9 Å². The zero-order valence-corrected chi connectivity index (χ0v) is 20.9. The Bertz CT molecular complexity index is 1560. The first-order valence-electron chi connectivity index (χ1n) is 11.1. The average Bonchev–Trinajstić information content (AvgIpc) is 3.45. The Balaban J connectivity index is 0.00000253. The Labute approximate surface area is 219 Å². The topological polar surface area (TPSA) is 29.3 Å². The van der Waals surface area contributed by atoms with Crippen LogP contribution in [0.3, 0.4) is 0 Å². The van der Waals surface area contributed by atoms with Gasteiger partial charge in [-0.2, -0.15) is 24.3 Å². The SMILES string of the molecule is [Pt].[c-]1c(-c2ccccn2)cccc1N(c1[c-]c(-c2[c-]cco2)ccc1)c1ccc2ccccc2c1. The molecule has 2 aromatic heterocycles. The summed E-state index contributed by atoms with van der Waals surface area (Å²) >= 11 is 0. The molecule has 0 N–H and O–H groups in total. The Morgan fingerprint density at radius 3 is 2.17 bits per heavy atom. The van der Waals surface area contributed by atoms with Gasteiger partial charge >= 0.3 is 0 Å². The van der Waals surface area contributed by atoms with Crippen LogP contribution in [-0.4, -0.2) is 4.98 Å². The van der Waals surface area contributed by atoms with Gasteiger partial charge in [0.2, 0.25) is 0 Å². The molecule has 6 aromatic rings. The molecule has 0 saturated heterocycles. The van der Waals surface area contributed by atoms with Crippen LogP contribution in [-0.2, 0) is 21.1 Å². The molecule has 0 spiro atoms. The normalized spacial score (nSPS) is 10.6. The second-order valence-electron chi connectivity index (χ2n) is 7.88. The predicted molar refractivity (Wildman–Crippen MR) is 136 cm³/mol. The maximum absolute atomic E-state index is 5.58. The second-order valence-corrected chi connectivity index (χ2v) is 7.88. The van der Waals surface area contributed by atoms with Gasteiger partial charge in [-0.15, -0.1) is 42.0 Å². The molecular formula is C31H19N2OPt-3. The number of aromatic nitrogens is 1. The molecule has 0 aliphatic heterocycles. The third-order valence-electron chi connectivity index (χ3n) is 5.69. The Kier molecular flexibility index (Phi) is 6.61. The summed E-state index contributed by atoms with van der Waals surface area (Å²) in [7, 11) is 0. The van der Waals surface area contributed by atoms with Gasteiger partial charge in [0.25, 0.3) is 0 Å². The van der Waals surface area contributed by atoms with E-state index < -0.39 is 0 Å². The van der Waals surface area contributed by atoms with Crippen molar-refractivity contribution in [1.29, 1.82) is 0 Å². The summed E-state index contributed by atoms with van der Waals surface area (Å²) in [6.07, 6.45) is 3.43. The number of nitrogens with zero attached hydrogens (tertiary/aromatic N) is 2. The summed E-state index contributed by atoms with van der Waals surface area (Å²) < 4.78 is 5.58. The quantitative estimate of drug-likeness (QED) is 0.181. The maximum Gasteiger partial charge on any atom is 0.0434 e. The molecule has 0 atom stereocenters. The molecule has 35 heavy (non-hydrogen) atoms. The number of fused-ring (bicyclic) bond motifs is 1. The number of hydrogen-bond donors (Lipinski definition) is 0. The molecule has 4 aromatic carbocycles. The summed E-state index contributed by atoms with van der Waals surface area (Å²) in [4.78, 5) is 6.67. The van der Waals surface area contributed by atoms with E-state index in [0.717, 1.165) is 33.9 Å². The van der Waals surface area contributed by atoms with E-state index in [1.807, 2.05) is 48.5 Å². The largest absolute Gasteiger partial charge is 0.590 e. The first kappa shape index (κ1) is 22.8. The fourth-order valence-corrected chi connectivity index (χ4v) is 4.09. The minimum atomic E-state index is 0. The van der Waals surface area contributed by atoms with Crippen molar-refractivity contribution < 1.29 is 25.5 Å². The number of pyridine rings is 1. The molecule has 0 saturated carbocycles. The van der Waals surface area contributed by atoms with Crippen molar-refractivity contribution in [2.45, 2.75) is 0 Å². The number of furan rings is 1. The molecule has 4 heteroatoms. The van der Waals surface area contributed by atoms with Crippen LogP contribution in [0.1, 0.15) is 0 Å². The molecule has 0 aliphatic rings. The van der Waals surface area contributed by atoms with Crippen LogP contribution >= 0.6 is 0 Å². The van der Waals surface area contributed by atoms with Crippen molar-refractivity contribution in [2.24, 2.45) is 0 Å². The molecule has 172 valence electrons. The van der Waals surface area contributed by atoms with Crippen LogP contribution in [0, 0.1) is 18.2 Å². The molecule has 6 rings (SSSR count). The Morgan fingerprint density at radius 1 is 0.686 bits per heavy atom. The van der Waals surface area contributed by atoms with Crippen LogP contribution in [0.4, 0.5) is 17.1 Å². The third-order valence-corrected chi connectivity index (χ3v) is 5.69. The molecule has 0 radical (unpaired) electrons. The van der Waals surface area contributed by atoms with Crippen molar-refractivity contribution in [3.63, 3.8) is 0 Å². The van der Waals surface area contributed by atoms with Gasteiger partial charge in [0.05, 0.1) is 0 Å². The van der Waals surface area contributed by atoms with E-state index in [1.165, 1.54) is 10.8 Å². The van der Waals surface area contributed by atoms with Gasteiger partial charge in [0, 0.05) is 32.9 Å². The van der Waals surface area contributed by atoms with E-state index >= 15 is 0 Å².